The third-order valence-electron chi connectivity index (χ3n) is 4.89. The summed E-state index contributed by atoms with van der Waals surface area (Å²) in [5, 5.41) is 5.02. The highest BCUT2D eigenvalue weighted by Gasteiger charge is 2.24. The third kappa shape index (κ3) is 7.14. The monoisotopic (exact) mass is 443 g/mol. The Labute approximate surface area is 185 Å². The maximum absolute atomic E-state index is 13.6. The van der Waals surface area contributed by atoms with Gasteiger partial charge < -0.3 is 25.0 Å². The number of benzene rings is 2. The average molecular weight is 443 g/mol. The lowest BCUT2D eigenvalue weighted by Gasteiger charge is -2.33. The number of ether oxygens (including phenoxy) is 2. The summed E-state index contributed by atoms with van der Waals surface area (Å²) in [5.41, 5.74) is 0.909. The van der Waals surface area contributed by atoms with Crippen molar-refractivity contribution in [2.24, 2.45) is 0 Å². The normalized spacial score (nSPS) is 15.8. The molecule has 8 nitrogen and oxygen atoms in total. The van der Waals surface area contributed by atoms with Crippen molar-refractivity contribution in [1.29, 1.82) is 0 Å². The lowest BCUT2D eigenvalue weighted by atomic mass is 10.2. The largest absolute Gasteiger partial charge is 0.374 e. The van der Waals surface area contributed by atoms with Gasteiger partial charge in [-0.1, -0.05) is 36.4 Å². The highest BCUT2D eigenvalue weighted by molar-refractivity contribution is 5.96. The summed E-state index contributed by atoms with van der Waals surface area (Å²) in [4.78, 5) is 37.9. The molecule has 0 aromatic heterocycles. The van der Waals surface area contributed by atoms with Crippen molar-refractivity contribution < 1.29 is 28.2 Å². The lowest BCUT2D eigenvalue weighted by Crippen LogP contribution is -2.50. The van der Waals surface area contributed by atoms with Crippen LogP contribution in [0.5, 0.6) is 0 Å². The van der Waals surface area contributed by atoms with Gasteiger partial charge in [0.2, 0.25) is 11.8 Å². The Bertz CT molecular complexity index is 925. The van der Waals surface area contributed by atoms with E-state index < -0.39 is 5.91 Å². The summed E-state index contributed by atoms with van der Waals surface area (Å²) >= 11 is 0. The molecule has 2 aromatic carbocycles. The van der Waals surface area contributed by atoms with Gasteiger partial charge in [-0.3, -0.25) is 14.4 Å². The number of hydrogen-bond donors (Lipinski definition) is 2. The van der Waals surface area contributed by atoms with E-state index in [9.17, 15) is 18.8 Å². The van der Waals surface area contributed by atoms with Gasteiger partial charge in [0.25, 0.3) is 5.91 Å². The van der Waals surface area contributed by atoms with Crippen molar-refractivity contribution in [3.8, 4) is 0 Å². The van der Waals surface area contributed by atoms with E-state index in [-0.39, 0.29) is 50.0 Å². The average Bonchev–Trinajstić information content (AvgIpc) is 2.83. The molecule has 0 aliphatic carbocycles. The number of carbonyl (C=O) groups is 3. The number of carbonyl (C=O) groups excluding carboxylic acids is 3. The first-order valence-electron chi connectivity index (χ1n) is 10.3. The molecule has 2 aromatic rings. The van der Waals surface area contributed by atoms with Gasteiger partial charge in [-0.15, -0.1) is 0 Å². The zero-order chi connectivity index (χ0) is 22.8. The summed E-state index contributed by atoms with van der Waals surface area (Å²) < 4.78 is 24.8. The van der Waals surface area contributed by atoms with Crippen molar-refractivity contribution in [2.75, 3.05) is 39.4 Å². The first kappa shape index (κ1) is 23.4. The quantitative estimate of drug-likeness (QED) is 0.605. The predicted molar refractivity (Wildman–Crippen MR) is 114 cm³/mol. The molecule has 1 saturated heterocycles. The second-order valence-electron chi connectivity index (χ2n) is 7.26. The molecule has 9 heteroatoms. The van der Waals surface area contributed by atoms with Crippen LogP contribution in [0.4, 0.5) is 4.39 Å². The molecule has 1 fully saturated rings. The molecule has 1 unspecified atom stereocenters. The van der Waals surface area contributed by atoms with E-state index in [0.29, 0.717) is 30.8 Å². The molecule has 1 aliphatic heterocycles. The van der Waals surface area contributed by atoms with Gasteiger partial charge in [0.1, 0.15) is 5.82 Å². The van der Waals surface area contributed by atoms with Crippen LogP contribution < -0.4 is 10.6 Å². The molecule has 32 heavy (non-hydrogen) atoms. The van der Waals surface area contributed by atoms with Crippen LogP contribution in [-0.4, -0.2) is 68.1 Å². The van der Waals surface area contributed by atoms with Gasteiger partial charge in [-0.25, -0.2) is 4.39 Å². The first-order chi connectivity index (χ1) is 15.5. The summed E-state index contributed by atoms with van der Waals surface area (Å²) in [6, 6.07) is 14.9. The van der Waals surface area contributed by atoms with Crippen molar-refractivity contribution in [3.05, 3.63) is 71.5 Å². The van der Waals surface area contributed by atoms with Crippen molar-refractivity contribution in [3.63, 3.8) is 0 Å². The fourth-order valence-electron chi connectivity index (χ4n) is 3.16. The summed E-state index contributed by atoms with van der Waals surface area (Å²) in [5.74, 6) is -1.40. The zero-order valence-corrected chi connectivity index (χ0v) is 17.6. The molecular formula is C23H26FN3O5. The van der Waals surface area contributed by atoms with Crippen LogP contribution in [-0.2, 0) is 25.7 Å². The van der Waals surface area contributed by atoms with Crippen LogP contribution in [0.15, 0.2) is 54.6 Å². The van der Waals surface area contributed by atoms with Gasteiger partial charge in [0, 0.05) is 24.2 Å². The zero-order valence-electron chi connectivity index (χ0n) is 17.6. The maximum atomic E-state index is 13.6. The Morgan fingerprint density at radius 2 is 1.78 bits per heavy atom. The minimum absolute atomic E-state index is 0.116. The molecular weight excluding hydrogens is 417 g/mol. The van der Waals surface area contributed by atoms with Crippen molar-refractivity contribution in [2.45, 2.75) is 12.7 Å². The fraction of sp³-hybridized carbons (Fsp3) is 0.348. The fourth-order valence-corrected chi connectivity index (χ4v) is 3.16. The first-order valence-corrected chi connectivity index (χ1v) is 10.3. The van der Waals surface area contributed by atoms with Gasteiger partial charge >= 0.3 is 0 Å². The number of amides is 3. The van der Waals surface area contributed by atoms with E-state index in [4.69, 9.17) is 9.47 Å². The molecule has 0 radical (unpaired) electrons. The molecule has 1 atom stereocenters. The van der Waals surface area contributed by atoms with Crippen molar-refractivity contribution >= 4 is 17.7 Å². The van der Waals surface area contributed by atoms with E-state index in [1.807, 2.05) is 0 Å². The molecule has 0 bridgehead atoms. The van der Waals surface area contributed by atoms with E-state index in [2.05, 4.69) is 10.6 Å². The van der Waals surface area contributed by atoms with E-state index in [1.54, 1.807) is 53.4 Å². The second-order valence-corrected chi connectivity index (χ2v) is 7.26. The van der Waals surface area contributed by atoms with Crippen LogP contribution in [0, 0.1) is 5.82 Å². The minimum Gasteiger partial charge on any atom is -0.374 e. The highest BCUT2D eigenvalue weighted by atomic mass is 19.1. The number of nitrogens with one attached hydrogen (secondary N) is 2. The topological polar surface area (TPSA) is 97.0 Å². The SMILES string of the molecule is O=C(CNC(=O)c1ccccc1)NCC(=O)N1CCOC(COCc2ccccc2F)C1. The van der Waals surface area contributed by atoms with Crippen LogP contribution in [0.1, 0.15) is 15.9 Å². The molecule has 0 saturated carbocycles. The molecule has 2 N–H and O–H groups in total. The third-order valence-corrected chi connectivity index (χ3v) is 4.89. The summed E-state index contributed by atoms with van der Waals surface area (Å²) in [6.07, 6.45) is -0.333. The molecule has 170 valence electrons. The van der Waals surface area contributed by atoms with Crippen LogP contribution in [0.2, 0.25) is 0 Å². The smallest absolute Gasteiger partial charge is 0.251 e. The molecule has 1 heterocycles. The number of rotatable bonds is 9. The van der Waals surface area contributed by atoms with Gasteiger partial charge in [-0.05, 0) is 18.2 Å². The Kier molecular flexibility index (Phi) is 8.70. The van der Waals surface area contributed by atoms with E-state index >= 15 is 0 Å². The Morgan fingerprint density at radius 3 is 2.56 bits per heavy atom. The summed E-state index contributed by atoms with van der Waals surface area (Å²) in [7, 11) is 0. The van der Waals surface area contributed by atoms with Crippen molar-refractivity contribution in [1.82, 2.24) is 15.5 Å². The van der Waals surface area contributed by atoms with Crippen LogP contribution in [0.3, 0.4) is 0 Å². The Balaban J connectivity index is 1.35. The number of hydrogen-bond acceptors (Lipinski definition) is 5. The number of halogens is 1. The Hall–Kier alpha value is -3.30. The van der Waals surface area contributed by atoms with E-state index in [1.165, 1.54) is 6.07 Å². The number of morpholine rings is 1. The maximum Gasteiger partial charge on any atom is 0.251 e. The van der Waals surface area contributed by atoms with Gasteiger partial charge in [0.05, 0.1) is 39.0 Å². The lowest BCUT2D eigenvalue weighted by molar-refractivity contribution is -0.141. The standard InChI is InChI=1S/C23H26FN3O5/c24-20-9-5-4-8-18(20)15-31-16-19-14-27(10-11-32-19)22(29)13-25-21(28)12-26-23(30)17-6-2-1-3-7-17/h1-9,19H,10-16H2,(H,25,28)(H,26,30). The minimum atomic E-state index is -0.458. The number of nitrogens with zero attached hydrogens (tertiary/aromatic N) is 1. The van der Waals surface area contributed by atoms with Crippen LogP contribution in [0.25, 0.3) is 0 Å². The molecule has 0 spiro atoms. The van der Waals surface area contributed by atoms with Gasteiger partial charge in [0.15, 0.2) is 0 Å². The van der Waals surface area contributed by atoms with Gasteiger partial charge in [-0.2, -0.15) is 0 Å². The summed E-state index contributed by atoms with van der Waals surface area (Å²) in [6.45, 7) is 1.00. The molecule has 3 amide bonds. The molecule has 1 aliphatic rings. The molecule has 3 rings (SSSR count). The van der Waals surface area contributed by atoms with Crippen LogP contribution >= 0.6 is 0 Å². The highest BCUT2D eigenvalue weighted by Crippen LogP contribution is 2.10. The van der Waals surface area contributed by atoms with E-state index in [0.717, 1.165) is 0 Å². The predicted octanol–water partition coefficient (Wildman–Crippen LogP) is 1.12. The second kappa shape index (κ2) is 11.9. The Morgan fingerprint density at radius 1 is 1.03 bits per heavy atom.